The van der Waals surface area contributed by atoms with Gasteiger partial charge in [0.25, 0.3) is 0 Å². The van der Waals surface area contributed by atoms with E-state index in [-0.39, 0.29) is 5.91 Å². The first-order valence-corrected chi connectivity index (χ1v) is 6.47. The van der Waals surface area contributed by atoms with Crippen molar-refractivity contribution in [3.63, 3.8) is 0 Å². The van der Waals surface area contributed by atoms with Crippen molar-refractivity contribution in [1.82, 2.24) is 0 Å². The van der Waals surface area contributed by atoms with E-state index in [0.717, 1.165) is 10.6 Å². The van der Waals surface area contributed by atoms with Crippen molar-refractivity contribution in [2.24, 2.45) is 0 Å². The number of hydrogen-bond donors (Lipinski definition) is 1. The lowest BCUT2D eigenvalue weighted by atomic mass is 10.3. The average Bonchev–Trinajstić information content (AvgIpc) is 2.41. The summed E-state index contributed by atoms with van der Waals surface area (Å²) in [5, 5.41) is 4.57. The maximum Gasteiger partial charge on any atom is 0.248 e. The van der Waals surface area contributed by atoms with E-state index in [1.165, 1.54) is 17.8 Å². The second-order valence-corrected chi connectivity index (χ2v) is 4.57. The van der Waals surface area contributed by atoms with E-state index in [4.69, 9.17) is 0 Å². The molecule has 0 spiro atoms. The van der Waals surface area contributed by atoms with Crippen LogP contribution in [0.2, 0.25) is 0 Å². The highest BCUT2D eigenvalue weighted by molar-refractivity contribution is 8.02. The average molecular weight is 255 g/mol. The molecular weight excluding hydrogens is 242 g/mol. The molecule has 2 rings (SSSR count). The predicted octanol–water partition coefficient (Wildman–Crippen LogP) is 3.93. The van der Waals surface area contributed by atoms with Crippen molar-refractivity contribution in [2.75, 3.05) is 5.32 Å². The number of rotatable bonds is 4. The number of carbonyl (C=O) groups excluding carboxylic acids is 1. The van der Waals surface area contributed by atoms with Gasteiger partial charge in [-0.3, -0.25) is 4.79 Å². The van der Waals surface area contributed by atoms with Crippen LogP contribution in [0.4, 0.5) is 5.69 Å². The molecule has 2 aromatic carbocycles. The molecule has 0 atom stereocenters. The highest BCUT2D eigenvalue weighted by atomic mass is 32.2. The predicted molar refractivity (Wildman–Crippen MR) is 76.5 cm³/mol. The molecule has 0 aromatic heterocycles. The lowest BCUT2D eigenvalue weighted by Gasteiger charge is -2.00. The lowest BCUT2D eigenvalue weighted by molar-refractivity contribution is -0.111. The first-order chi connectivity index (χ1) is 8.84. The SMILES string of the molecule is O=C(/C=C\Sc1ccccc1)Nc1ccccc1. The van der Waals surface area contributed by atoms with Crippen LogP contribution in [-0.4, -0.2) is 5.91 Å². The summed E-state index contributed by atoms with van der Waals surface area (Å²) in [6.45, 7) is 0. The Bertz CT molecular complexity index is 523. The standard InChI is InChI=1S/C15H13NOS/c17-15(16-13-7-3-1-4-8-13)11-12-18-14-9-5-2-6-10-14/h1-12H,(H,16,17)/b12-11-. The number of thioether (sulfide) groups is 1. The molecule has 0 bridgehead atoms. The van der Waals surface area contributed by atoms with Gasteiger partial charge in [0.15, 0.2) is 0 Å². The fourth-order valence-electron chi connectivity index (χ4n) is 1.38. The first kappa shape index (κ1) is 12.5. The van der Waals surface area contributed by atoms with Crippen LogP contribution < -0.4 is 5.32 Å². The molecule has 2 aromatic rings. The van der Waals surface area contributed by atoms with Gasteiger partial charge in [0.1, 0.15) is 0 Å². The molecule has 1 N–H and O–H groups in total. The third-order valence-electron chi connectivity index (χ3n) is 2.21. The molecule has 2 nitrogen and oxygen atoms in total. The number of anilines is 1. The van der Waals surface area contributed by atoms with Crippen molar-refractivity contribution in [3.05, 3.63) is 72.1 Å². The third kappa shape index (κ3) is 4.11. The minimum absolute atomic E-state index is 0.121. The van der Waals surface area contributed by atoms with Gasteiger partial charge >= 0.3 is 0 Å². The molecule has 0 aliphatic rings. The summed E-state index contributed by atoms with van der Waals surface area (Å²) < 4.78 is 0. The maximum atomic E-state index is 11.6. The molecule has 0 aliphatic heterocycles. The van der Waals surface area contributed by atoms with Crippen molar-refractivity contribution >= 4 is 23.4 Å². The number of amides is 1. The molecule has 0 unspecified atom stereocenters. The molecule has 0 heterocycles. The van der Waals surface area contributed by atoms with Crippen LogP contribution in [0.1, 0.15) is 0 Å². The van der Waals surface area contributed by atoms with Gasteiger partial charge in [-0.15, -0.1) is 0 Å². The van der Waals surface area contributed by atoms with Crippen molar-refractivity contribution in [2.45, 2.75) is 4.90 Å². The Hall–Kier alpha value is -2.00. The molecule has 18 heavy (non-hydrogen) atoms. The molecule has 0 aliphatic carbocycles. The Morgan fingerprint density at radius 1 is 0.944 bits per heavy atom. The monoisotopic (exact) mass is 255 g/mol. The third-order valence-corrected chi connectivity index (χ3v) is 3.02. The number of hydrogen-bond acceptors (Lipinski definition) is 2. The van der Waals surface area contributed by atoms with E-state index in [0.29, 0.717) is 0 Å². The molecule has 0 radical (unpaired) electrons. The molecule has 0 fully saturated rings. The Balaban J connectivity index is 1.85. The first-order valence-electron chi connectivity index (χ1n) is 5.59. The Morgan fingerprint density at radius 2 is 1.56 bits per heavy atom. The number of para-hydroxylation sites is 1. The fraction of sp³-hybridized carbons (Fsp3) is 0. The summed E-state index contributed by atoms with van der Waals surface area (Å²) in [5.74, 6) is -0.121. The van der Waals surface area contributed by atoms with E-state index in [9.17, 15) is 4.79 Å². The lowest BCUT2D eigenvalue weighted by Crippen LogP contribution is -2.07. The Morgan fingerprint density at radius 3 is 2.22 bits per heavy atom. The Labute approximate surface area is 111 Å². The van der Waals surface area contributed by atoms with Crippen molar-refractivity contribution in [1.29, 1.82) is 0 Å². The number of carbonyl (C=O) groups is 1. The summed E-state index contributed by atoms with van der Waals surface area (Å²) in [7, 11) is 0. The van der Waals surface area contributed by atoms with E-state index in [2.05, 4.69) is 5.32 Å². The van der Waals surface area contributed by atoms with E-state index < -0.39 is 0 Å². The van der Waals surface area contributed by atoms with Gasteiger partial charge in [0.05, 0.1) is 0 Å². The van der Waals surface area contributed by atoms with Crippen LogP contribution in [0.5, 0.6) is 0 Å². The van der Waals surface area contributed by atoms with Gasteiger partial charge < -0.3 is 5.32 Å². The van der Waals surface area contributed by atoms with Crippen LogP contribution in [0, 0.1) is 0 Å². The maximum absolute atomic E-state index is 11.6. The van der Waals surface area contributed by atoms with Gasteiger partial charge in [-0.05, 0) is 29.7 Å². The van der Waals surface area contributed by atoms with Crippen molar-refractivity contribution < 1.29 is 4.79 Å². The van der Waals surface area contributed by atoms with Gasteiger partial charge in [0.2, 0.25) is 5.91 Å². The zero-order valence-electron chi connectivity index (χ0n) is 9.74. The number of nitrogens with one attached hydrogen (secondary N) is 1. The molecular formula is C15H13NOS. The summed E-state index contributed by atoms with van der Waals surface area (Å²) in [5.41, 5.74) is 0.803. The summed E-state index contributed by atoms with van der Waals surface area (Å²) in [4.78, 5) is 12.7. The van der Waals surface area contributed by atoms with Crippen LogP contribution in [0.25, 0.3) is 0 Å². The minimum Gasteiger partial charge on any atom is -0.322 e. The van der Waals surface area contributed by atoms with Gasteiger partial charge in [-0.25, -0.2) is 0 Å². The second kappa shape index (κ2) is 6.67. The fourth-order valence-corrected chi connectivity index (χ4v) is 2.04. The Kier molecular flexibility index (Phi) is 4.61. The molecule has 0 saturated heterocycles. The largest absolute Gasteiger partial charge is 0.322 e. The summed E-state index contributed by atoms with van der Waals surface area (Å²) in [6.07, 6.45) is 1.53. The number of benzene rings is 2. The zero-order chi connectivity index (χ0) is 12.6. The normalized spacial score (nSPS) is 10.4. The zero-order valence-corrected chi connectivity index (χ0v) is 10.6. The van der Waals surface area contributed by atoms with E-state index in [1.54, 1.807) is 5.41 Å². The van der Waals surface area contributed by atoms with E-state index >= 15 is 0 Å². The topological polar surface area (TPSA) is 29.1 Å². The van der Waals surface area contributed by atoms with Crippen LogP contribution >= 0.6 is 11.8 Å². The van der Waals surface area contributed by atoms with Gasteiger partial charge in [-0.1, -0.05) is 48.2 Å². The highest BCUT2D eigenvalue weighted by Crippen LogP contribution is 2.17. The van der Waals surface area contributed by atoms with Crippen LogP contribution in [0.15, 0.2) is 77.0 Å². The molecule has 1 amide bonds. The summed E-state index contributed by atoms with van der Waals surface area (Å²) >= 11 is 1.52. The quantitative estimate of drug-likeness (QED) is 0.662. The molecule has 90 valence electrons. The van der Waals surface area contributed by atoms with Gasteiger partial charge in [0, 0.05) is 16.7 Å². The summed E-state index contributed by atoms with van der Waals surface area (Å²) in [6, 6.07) is 19.3. The second-order valence-electron chi connectivity index (χ2n) is 3.59. The van der Waals surface area contributed by atoms with Crippen LogP contribution in [-0.2, 0) is 4.79 Å². The smallest absolute Gasteiger partial charge is 0.248 e. The van der Waals surface area contributed by atoms with E-state index in [1.807, 2.05) is 60.7 Å². The highest BCUT2D eigenvalue weighted by Gasteiger charge is 1.96. The van der Waals surface area contributed by atoms with Crippen molar-refractivity contribution in [3.8, 4) is 0 Å². The minimum atomic E-state index is -0.121. The molecule has 0 saturated carbocycles. The van der Waals surface area contributed by atoms with Gasteiger partial charge in [-0.2, -0.15) is 0 Å². The van der Waals surface area contributed by atoms with Crippen LogP contribution in [0.3, 0.4) is 0 Å². The molecule has 3 heteroatoms.